The van der Waals surface area contributed by atoms with Crippen LogP contribution in [0.4, 0.5) is 0 Å². The summed E-state index contributed by atoms with van der Waals surface area (Å²) in [5.74, 6) is -0.117. The number of nitrogens with one attached hydrogen (secondary N) is 1. The molecule has 2 aromatic rings. The Hall–Kier alpha value is -1.74. The van der Waals surface area contributed by atoms with E-state index in [2.05, 4.69) is 10.8 Å². The molecule has 4 rings (SSSR count). The molecule has 1 amide bonds. The highest BCUT2D eigenvalue weighted by molar-refractivity contribution is 7.87. The van der Waals surface area contributed by atoms with Crippen molar-refractivity contribution in [2.75, 3.05) is 13.6 Å². The van der Waals surface area contributed by atoms with E-state index in [4.69, 9.17) is 0 Å². The van der Waals surface area contributed by atoms with Gasteiger partial charge in [0.1, 0.15) is 6.04 Å². The molecule has 1 N–H and O–H groups in total. The summed E-state index contributed by atoms with van der Waals surface area (Å²) in [5, 5.41) is 1.92. The minimum absolute atomic E-state index is 0.117. The van der Waals surface area contributed by atoms with Gasteiger partial charge in [0.15, 0.2) is 0 Å². The van der Waals surface area contributed by atoms with E-state index in [-0.39, 0.29) is 11.9 Å². The quantitative estimate of drug-likeness (QED) is 0.850. The fourth-order valence-electron chi connectivity index (χ4n) is 3.66. The van der Waals surface area contributed by atoms with Crippen LogP contribution in [0.1, 0.15) is 28.5 Å². The first-order chi connectivity index (χ1) is 12.5. The van der Waals surface area contributed by atoms with Crippen molar-refractivity contribution in [2.24, 2.45) is 0 Å². The molecule has 26 heavy (non-hydrogen) atoms. The van der Waals surface area contributed by atoms with Crippen molar-refractivity contribution < 1.29 is 13.2 Å². The molecule has 0 radical (unpaired) electrons. The number of hydrogen-bond acceptors (Lipinski definition) is 4. The molecule has 1 aromatic carbocycles. The van der Waals surface area contributed by atoms with Crippen molar-refractivity contribution in [1.29, 1.82) is 0 Å². The summed E-state index contributed by atoms with van der Waals surface area (Å²) in [5.41, 5.74) is 2.40. The molecule has 8 heteroatoms. The molecule has 0 unspecified atom stereocenters. The average molecular weight is 392 g/mol. The first kappa shape index (κ1) is 17.7. The fraction of sp³-hybridized carbons (Fsp3) is 0.389. The van der Waals surface area contributed by atoms with Crippen molar-refractivity contribution in [2.45, 2.75) is 31.5 Å². The first-order valence-corrected chi connectivity index (χ1v) is 10.9. The monoisotopic (exact) mass is 391 g/mol. The van der Waals surface area contributed by atoms with Crippen molar-refractivity contribution in [3.63, 3.8) is 0 Å². The van der Waals surface area contributed by atoms with Crippen LogP contribution < -0.4 is 4.72 Å². The molecule has 2 atom stereocenters. The lowest BCUT2D eigenvalue weighted by Gasteiger charge is -2.39. The molecule has 1 saturated heterocycles. The molecule has 3 heterocycles. The lowest BCUT2D eigenvalue weighted by molar-refractivity contribution is -0.136. The third-order valence-electron chi connectivity index (χ3n) is 5.18. The van der Waals surface area contributed by atoms with Gasteiger partial charge >= 0.3 is 0 Å². The van der Waals surface area contributed by atoms with Gasteiger partial charge in [0.05, 0.1) is 6.04 Å². The van der Waals surface area contributed by atoms with Crippen molar-refractivity contribution in [3.8, 4) is 0 Å². The van der Waals surface area contributed by atoms with Gasteiger partial charge in [0.2, 0.25) is 5.91 Å². The second kappa shape index (κ2) is 6.77. The Kier molecular flexibility index (Phi) is 4.60. The number of fused-ring (bicyclic) bond motifs is 1. The van der Waals surface area contributed by atoms with Crippen LogP contribution in [-0.4, -0.2) is 43.2 Å². The fourth-order valence-corrected chi connectivity index (χ4v) is 5.79. The van der Waals surface area contributed by atoms with Crippen molar-refractivity contribution in [1.82, 2.24) is 13.9 Å². The highest BCUT2D eigenvalue weighted by Crippen LogP contribution is 2.32. The Bertz CT molecular complexity index is 912. The summed E-state index contributed by atoms with van der Waals surface area (Å²) in [7, 11) is -2.21. The first-order valence-electron chi connectivity index (χ1n) is 8.60. The highest BCUT2D eigenvalue weighted by Gasteiger charge is 2.42. The Morgan fingerprint density at radius 3 is 2.69 bits per heavy atom. The second-order valence-electron chi connectivity index (χ2n) is 6.74. The van der Waals surface area contributed by atoms with Crippen LogP contribution in [0.25, 0.3) is 0 Å². The van der Waals surface area contributed by atoms with E-state index < -0.39 is 16.3 Å². The summed E-state index contributed by atoms with van der Waals surface area (Å²) < 4.78 is 28.9. The van der Waals surface area contributed by atoms with Gasteiger partial charge in [-0.2, -0.15) is 17.4 Å². The topological polar surface area (TPSA) is 69.7 Å². The molecule has 0 spiro atoms. The lowest BCUT2D eigenvalue weighted by atomic mass is 9.98. The van der Waals surface area contributed by atoms with Gasteiger partial charge < -0.3 is 4.90 Å². The summed E-state index contributed by atoms with van der Waals surface area (Å²) in [6.07, 6.45) is 1.24. The predicted octanol–water partition coefficient (Wildman–Crippen LogP) is 1.91. The molecule has 0 bridgehead atoms. The van der Waals surface area contributed by atoms with Gasteiger partial charge in [0, 0.05) is 25.0 Å². The van der Waals surface area contributed by atoms with E-state index >= 15 is 0 Å². The molecule has 138 valence electrons. The molecule has 1 aromatic heterocycles. The standard InChI is InChI=1S/C18H21N3O3S2/c1-20-16(11-15(19-26(20,23)24)17-7-4-10-25-17)18(22)21-9-8-13-5-2-3-6-14(13)12-21/h2-7,10,15-16,19H,8-9,11-12H2,1H3/t15-,16-/m1/s1. The van der Waals surface area contributed by atoms with Crippen LogP contribution >= 0.6 is 11.3 Å². The number of amides is 1. The third-order valence-corrected chi connectivity index (χ3v) is 7.76. The van der Waals surface area contributed by atoms with Gasteiger partial charge in [-0.05, 0) is 35.4 Å². The summed E-state index contributed by atoms with van der Waals surface area (Å²) >= 11 is 1.50. The minimum Gasteiger partial charge on any atom is -0.337 e. The SMILES string of the molecule is CN1[C@@H](C(=O)N2CCc3ccccc3C2)C[C@H](c2cccs2)NS1(=O)=O. The van der Waals surface area contributed by atoms with Crippen LogP contribution in [-0.2, 0) is 28.0 Å². The van der Waals surface area contributed by atoms with E-state index in [1.54, 1.807) is 4.90 Å². The smallest absolute Gasteiger partial charge is 0.280 e. The average Bonchev–Trinajstić information content (AvgIpc) is 3.17. The normalized spacial score (nSPS) is 25.7. The maximum atomic E-state index is 13.2. The number of carbonyl (C=O) groups excluding carboxylic acids is 1. The molecule has 2 aliphatic heterocycles. The van der Waals surface area contributed by atoms with Gasteiger partial charge in [0.25, 0.3) is 10.2 Å². The summed E-state index contributed by atoms with van der Waals surface area (Å²) in [4.78, 5) is 15.9. The van der Waals surface area contributed by atoms with Crippen LogP contribution in [0.3, 0.4) is 0 Å². The Labute approximate surface area is 157 Å². The molecule has 6 nitrogen and oxygen atoms in total. The van der Waals surface area contributed by atoms with Gasteiger partial charge in [-0.3, -0.25) is 4.79 Å². The van der Waals surface area contributed by atoms with Crippen molar-refractivity contribution >= 4 is 27.5 Å². The third kappa shape index (κ3) is 3.18. The van der Waals surface area contributed by atoms with Crippen LogP contribution in [0.5, 0.6) is 0 Å². The zero-order chi connectivity index (χ0) is 18.3. The van der Waals surface area contributed by atoms with E-state index in [0.717, 1.165) is 16.9 Å². The highest BCUT2D eigenvalue weighted by atomic mass is 32.2. The molecular formula is C18H21N3O3S2. The Balaban J connectivity index is 1.58. The number of thiophene rings is 1. The number of benzene rings is 1. The lowest BCUT2D eigenvalue weighted by Crippen LogP contribution is -2.58. The Morgan fingerprint density at radius 2 is 1.96 bits per heavy atom. The molecule has 0 aliphatic carbocycles. The minimum atomic E-state index is -3.69. The summed E-state index contributed by atoms with van der Waals surface area (Å²) in [6.45, 7) is 1.16. The Morgan fingerprint density at radius 1 is 1.19 bits per heavy atom. The van der Waals surface area contributed by atoms with Crippen LogP contribution in [0.2, 0.25) is 0 Å². The number of rotatable bonds is 2. The second-order valence-corrected chi connectivity index (χ2v) is 9.48. The molecular weight excluding hydrogens is 370 g/mol. The van der Waals surface area contributed by atoms with E-state index in [0.29, 0.717) is 19.5 Å². The largest absolute Gasteiger partial charge is 0.337 e. The maximum Gasteiger partial charge on any atom is 0.280 e. The van der Waals surface area contributed by atoms with E-state index in [1.165, 1.54) is 28.3 Å². The van der Waals surface area contributed by atoms with E-state index in [9.17, 15) is 13.2 Å². The van der Waals surface area contributed by atoms with Gasteiger partial charge in [-0.1, -0.05) is 30.3 Å². The maximum absolute atomic E-state index is 13.2. The zero-order valence-corrected chi connectivity index (χ0v) is 16.1. The molecule has 2 aliphatic rings. The predicted molar refractivity (Wildman–Crippen MR) is 101 cm³/mol. The zero-order valence-electron chi connectivity index (χ0n) is 14.5. The molecule has 1 fully saturated rings. The van der Waals surface area contributed by atoms with Crippen LogP contribution in [0, 0.1) is 0 Å². The van der Waals surface area contributed by atoms with Crippen LogP contribution in [0.15, 0.2) is 41.8 Å². The number of hydrogen-bond donors (Lipinski definition) is 1. The number of nitrogens with zero attached hydrogens (tertiary/aromatic N) is 2. The summed E-state index contributed by atoms with van der Waals surface area (Å²) in [6, 6.07) is 10.9. The number of likely N-dealkylation sites (N-methyl/N-ethyl adjacent to an activating group) is 1. The van der Waals surface area contributed by atoms with Gasteiger partial charge in [-0.15, -0.1) is 11.3 Å². The van der Waals surface area contributed by atoms with Crippen molar-refractivity contribution in [3.05, 3.63) is 57.8 Å². The number of carbonyl (C=O) groups is 1. The molecule has 0 saturated carbocycles. The van der Waals surface area contributed by atoms with Gasteiger partial charge in [-0.25, -0.2) is 0 Å². The van der Waals surface area contributed by atoms with E-state index in [1.807, 2.05) is 35.7 Å².